The van der Waals surface area contributed by atoms with Gasteiger partial charge in [-0.05, 0) is 43.2 Å². The van der Waals surface area contributed by atoms with Gasteiger partial charge < -0.3 is 4.42 Å². The van der Waals surface area contributed by atoms with E-state index in [0.717, 1.165) is 5.56 Å². The summed E-state index contributed by atoms with van der Waals surface area (Å²) in [7, 11) is 0. The largest absolute Gasteiger partial charge is 0.453 e. The quantitative estimate of drug-likeness (QED) is 0.649. The van der Waals surface area contributed by atoms with Crippen LogP contribution in [0.25, 0.3) is 11.0 Å². The summed E-state index contributed by atoms with van der Waals surface area (Å²) >= 11 is 0. The Balaban J connectivity index is 1.73. The molecule has 21 heavy (non-hydrogen) atoms. The van der Waals surface area contributed by atoms with Crippen LogP contribution in [0.5, 0.6) is 0 Å². The highest BCUT2D eigenvalue weighted by Crippen LogP contribution is 2.21. The summed E-state index contributed by atoms with van der Waals surface area (Å²) in [5, 5.41) is 0.619. The number of Topliss-reactive ketones (excluding diaryl/α,β-unsaturated/α-hetero) is 1. The van der Waals surface area contributed by atoms with Gasteiger partial charge in [0.2, 0.25) is 0 Å². The van der Waals surface area contributed by atoms with Gasteiger partial charge in [-0.2, -0.15) is 0 Å². The number of rotatable bonds is 4. The SMILES string of the molecule is Cc1ccc(CCC(=O)c2cc3cc(F)ccc3o2)cc1. The maximum atomic E-state index is 13.1. The summed E-state index contributed by atoms with van der Waals surface area (Å²) < 4.78 is 18.6. The molecular weight excluding hydrogens is 267 g/mol. The zero-order valence-electron chi connectivity index (χ0n) is 11.7. The lowest BCUT2D eigenvalue weighted by Crippen LogP contribution is -1.99. The Kier molecular flexibility index (Phi) is 3.57. The molecule has 0 saturated carbocycles. The van der Waals surface area contributed by atoms with Crippen LogP contribution in [0.1, 0.15) is 28.1 Å². The monoisotopic (exact) mass is 282 g/mol. The van der Waals surface area contributed by atoms with Crippen molar-refractivity contribution in [1.82, 2.24) is 0 Å². The molecule has 0 fully saturated rings. The molecule has 2 nitrogen and oxygen atoms in total. The molecule has 0 aliphatic rings. The topological polar surface area (TPSA) is 30.2 Å². The van der Waals surface area contributed by atoms with Gasteiger partial charge in [-0.1, -0.05) is 29.8 Å². The van der Waals surface area contributed by atoms with Crippen LogP contribution >= 0.6 is 0 Å². The van der Waals surface area contributed by atoms with E-state index in [0.29, 0.717) is 29.6 Å². The van der Waals surface area contributed by atoms with Crippen LogP contribution in [-0.2, 0) is 6.42 Å². The molecule has 0 N–H and O–H groups in total. The van der Waals surface area contributed by atoms with E-state index in [4.69, 9.17) is 4.42 Å². The van der Waals surface area contributed by atoms with Crippen molar-refractivity contribution in [1.29, 1.82) is 0 Å². The van der Waals surface area contributed by atoms with E-state index in [1.165, 1.54) is 17.7 Å². The lowest BCUT2D eigenvalue weighted by atomic mass is 10.1. The van der Waals surface area contributed by atoms with Gasteiger partial charge in [0.05, 0.1) is 0 Å². The Morgan fingerprint density at radius 2 is 1.86 bits per heavy atom. The minimum absolute atomic E-state index is 0.0628. The number of aryl methyl sites for hydroxylation is 2. The van der Waals surface area contributed by atoms with E-state index in [1.807, 2.05) is 31.2 Å². The summed E-state index contributed by atoms with van der Waals surface area (Å²) in [6.45, 7) is 2.03. The maximum absolute atomic E-state index is 13.1. The average Bonchev–Trinajstić information content (AvgIpc) is 2.89. The molecule has 0 atom stereocenters. The first-order valence-electron chi connectivity index (χ1n) is 6.90. The summed E-state index contributed by atoms with van der Waals surface area (Å²) in [6, 6.07) is 14.0. The number of fused-ring (bicyclic) bond motifs is 1. The van der Waals surface area contributed by atoms with Crippen molar-refractivity contribution in [3.05, 3.63) is 71.2 Å². The lowest BCUT2D eigenvalue weighted by molar-refractivity contribution is 0.0958. The van der Waals surface area contributed by atoms with Gasteiger partial charge in [0, 0.05) is 11.8 Å². The average molecular weight is 282 g/mol. The molecule has 0 unspecified atom stereocenters. The third kappa shape index (κ3) is 3.02. The van der Waals surface area contributed by atoms with E-state index < -0.39 is 0 Å². The van der Waals surface area contributed by atoms with E-state index in [9.17, 15) is 9.18 Å². The van der Waals surface area contributed by atoms with Gasteiger partial charge in [0.1, 0.15) is 11.4 Å². The van der Waals surface area contributed by atoms with E-state index in [2.05, 4.69) is 0 Å². The second kappa shape index (κ2) is 5.52. The Hall–Kier alpha value is -2.42. The van der Waals surface area contributed by atoms with E-state index in [1.54, 1.807) is 12.1 Å². The fourth-order valence-electron chi connectivity index (χ4n) is 2.29. The highest BCUT2D eigenvalue weighted by Gasteiger charge is 2.12. The van der Waals surface area contributed by atoms with Crippen molar-refractivity contribution in [3.63, 3.8) is 0 Å². The lowest BCUT2D eigenvalue weighted by Gasteiger charge is -2.00. The third-order valence-corrected chi connectivity index (χ3v) is 3.51. The van der Waals surface area contributed by atoms with Gasteiger partial charge in [-0.15, -0.1) is 0 Å². The number of carbonyl (C=O) groups excluding carboxylic acids is 1. The summed E-state index contributed by atoms with van der Waals surface area (Å²) in [5.74, 6) is -0.100. The zero-order chi connectivity index (χ0) is 14.8. The molecular formula is C18H15FO2. The van der Waals surface area contributed by atoms with Crippen molar-refractivity contribution in [3.8, 4) is 0 Å². The molecule has 1 aromatic heterocycles. The highest BCUT2D eigenvalue weighted by molar-refractivity contribution is 5.97. The Bertz CT molecular complexity index is 785. The molecule has 0 bridgehead atoms. The van der Waals surface area contributed by atoms with Crippen molar-refractivity contribution < 1.29 is 13.6 Å². The number of ketones is 1. The van der Waals surface area contributed by atoms with Crippen LogP contribution < -0.4 is 0 Å². The number of carbonyl (C=O) groups is 1. The van der Waals surface area contributed by atoms with Crippen molar-refractivity contribution in [2.24, 2.45) is 0 Å². The molecule has 2 aromatic carbocycles. The fraction of sp³-hybridized carbons (Fsp3) is 0.167. The Labute approximate surface area is 122 Å². The number of furan rings is 1. The van der Waals surface area contributed by atoms with Gasteiger partial charge in [0.15, 0.2) is 11.5 Å². The number of hydrogen-bond acceptors (Lipinski definition) is 2. The second-order valence-corrected chi connectivity index (χ2v) is 5.20. The molecule has 0 aliphatic carbocycles. The number of benzene rings is 2. The van der Waals surface area contributed by atoms with Crippen molar-refractivity contribution >= 4 is 16.8 Å². The number of halogens is 1. The van der Waals surface area contributed by atoms with Crippen LogP contribution in [0.3, 0.4) is 0 Å². The molecule has 3 heteroatoms. The first-order valence-corrected chi connectivity index (χ1v) is 6.90. The Morgan fingerprint density at radius 1 is 1.10 bits per heavy atom. The van der Waals surface area contributed by atoms with Gasteiger partial charge >= 0.3 is 0 Å². The molecule has 106 valence electrons. The summed E-state index contributed by atoms with van der Waals surface area (Å²) in [4.78, 5) is 12.2. The van der Waals surface area contributed by atoms with Crippen molar-refractivity contribution in [2.75, 3.05) is 0 Å². The minimum Gasteiger partial charge on any atom is -0.453 e. The maximum Gasteiger partial charge on any atom is 0.198 e. The van der Waals surface area contributed by atoms with Gasteiger partial charge in [-0.25, -0.2) is 4.39 Å². The first kappa shape index (κ1) is 13.6. The molecule has 0 aliphatic heterocycles. The summed E-state index contributed by atoms with van der Waals surface area (Å²) in [5.41, 5.74) is 2.86. The molecule has 0 amide bonds. The minimum atomic E-state index is -0.332. The van der Waals surface area contributed by atoms with Crippen LogP contribution in [-0.4, -0.2) is 5.78 Å². The summed E-state index contributed by atoms with van der Waals surface area (Å²) in [6.07, 6.45) is 1.05. The van der Waals surface area contributed by atoms with Gasteiger partial charge in [0.25, 0.3) is 0 Å². The van der Waals surface area contributed by atoms with E-state index >= 15 is 0 Å². The normalized spacial score (nSPS) is 11.0. The van der Waals surface area contributed by atoms with Crippen LogP contribution in [0, 0.1) is 12.7 Å². The molecule has 0 radical (unpaired) electrons. The standard InChI is InChI=1S/C18H15FO2/c1-12-2-4-13(5-3-12)6-8-16(20)18-11-14-10-15(19)7-9-17(14)21-18/h2-5,7,9-11H,6,8H2,1H3. The molecule has 3 rings (SSSR count). The van der Waals surface area contributed by atoms with Crippen LogP contribution in [0.2, 0.25) is 0 Å². The predicted molar refractivity (Wildman–Crippen MR) is 80.0 cm³/mol. The number of hydrogen-bond donors (Lipinski definition) is 0. The van der Waals surface area contributed by atoms with Crippen LogP contribution in [0.4, 0.5) is 4.39 Å². The first-order chi connectivity index (χ1) is 10.1. The zero-order valence-corrected chi connectivity index (χ0v) is 11.7. The second-order valence-electron chi connectivity index (χ2n) is 5.20. The molecule has 0 spiro atoms. The smallest absolute Gasteiger partial charge is 0.198 e. The third-order valence-electron chi connectivity index (χ3n) is 3.51. The predicted octanol–water partition coefficient (Wildman–Crippen LogP) is 4.70. The van der Waals surface area contributed by atoms with Gasteiger partial charge in [-0.3, -0.25) is 4.79 Å². The van der Waals surface area contributed by atoms with Crippen LogP contribution in [0.15, 0.2) is 52.9 Å². The van der Waals surface area contributed by atoms with Crippen molar-refractivity contribution in [2.45, 2.75) is 19.8 Å². The molecule has 0 saturated heterocycles. The van der Waals surface area contributed by atoms with E-state index in [-0.39, 0.29) is 11.6 Å². The molecule has 1 heterocycles. The highest BCUT2D eigenvalue weighted by atomic mass is 19.1. The fourth-order valence-corrected chi connectivity index (χ4v) is 2.29. The Morgan fingerprint density at radius 3 is 2.62 bits per heavy atom. The molecule has 3 aromatic rings.